The average molecular weight is 277 g/mol. The second-order valence-corrected chi connectivity index (χ2v) is 4.77. The molecule has 0 radical (unpaired) electrons. The third-order valence-corrected chi connectivity index (χ3v) is 3.33. The van der Waals surface area contributed by atoms with Crippen molar-refractivity contribution in [1.82, 2.24) is 9.88 Å². The highest BCUT2D eigenvalue weighted by Crippen LogP contribution is 2.20. The van der Waals surface area contributed by atoms with Gasteiger partial charge in [0, 0.05) is 23.7 Å². The lowest BCUT2D eigenvalue weighted by Crippen LogP contribution is -2.26. The Morgan fingerprint density at radius 3 is 2.42 bits per heavy atom. The van der Waals surface area contributed by atoms with Crippen molar-refractivity contribution in [2.45, 2.75) is 20.0 Å². The van der Waals surface area contributed by atoms with Gasteiger partial charge in [0.1, 0.15) is 0 Å². The molecule has 0 aliphatic rings. The van der Waals surface area contributed by atoms with Crippen LogP contribution in [-0.2, 0) is 13.1 Å². The molecule has 0 unspecified atom stereocenters. The minimum Gasteiger partial charge on any atom is -0.315 e. The molecule has 0 spiro atoms. The summed E-state index contributed by atoms with van der Waals surface area (Å²) in [6.07, 6.45) is 0. The first-order chi connectivity index (χ1) is 9.17. The van der Waals surface area contributed by atoms with Crippen LogP contribution in [0.25, 0.3) is 11.3 Å². The average Bonchev–Trinajstić information content (AvgIpc) is 2.42. The zero-order valence-corrected chi connectivity index (χ0v) is 11.9. The summed E-state index contributed by atoms with van der Waals surface area (Å²) in [4.78, 5) is 12.3. The van der Waals surface area contributed by atoms with Gasteiger partial charge in [0.2, 0.25) is 0 Å². The monoisotopic (exact) mass is 276 g/mol. The molecule has 0 saturated carbocycles. The SMILES string of the molecule is CCn1c(-c2ccc(Cl)cc2)ccc(CNC)c1=O. The van der Waals surface area contributed by atoms with Crippen LogP contribution >= 0.6 is 11.6 Å². The Labute approximate surface area is 117 Å². The normalized spacial score (nSPS) is 10.7. The van der Waals surface area contributed by atoms with Crippen molar-refractivity contribution >= 4 is 11.6 Å². The van der Waals surface area contributed by atoms with Crippen molar-refractivity contribution in [3.05, 3.63) is 57.3 Å². The van der Waals surface area contributed by atoms with Crippen LogP contribution in [0.4, 0.5) is 0 Å². The first kappa shape index (κ1) is 13.8. The van der Waals surface area contributed by atoms with E-state index < -0.39 is 0 Å². The Morgan fingerprint density at radius 2 is 1.84 bits per heavy atom. The number of aromatic nitrogens is 1. The van der Waals surface area contributed by atoms with Gasteiger partial charge in [-0.1, -0.05) is 29.8 Å². The first-order valence-electron chi connectivity index (χ1n) is 6.30. The number of nitrogens with zero attached hydrogens (tertiary/aromatic N) is 1. The van der Waals surface area contributed by atoms with Gasteiger partial charge in [-0.05, 0) is 37.7 Å². The van der Waals surface area contributed by atoms with Crippen molar-refractivity contribution in [2.24, 2.45) is 0 Å². The van der Waals surface area contributed by atoms with Crippen LogP contribution in [0.3, 0.4) is 0 Å². The molecular formula is C15H17ClN2O. The first-order valence-corrected chi connectivity index (χ1v) is 6.68. The van der Waals surface area contributed by atoms with Gasteiger partial charge in [-0.3, -0.25) is 4.79 Å². The van der Waals surface area contributed by atoms with E-state index in [0.29, 0.717) is 18.1 Å². The molecule has 0 amide bonds. The molecule has 0 aliphatic heterocycles. The Bertz CT molecular complexity index is 617. The number of benzene rings is 1. The summed E-state index contributed by atoms with van der Waals surface area (Å²) in [5.41, 5.74) is 2.76. The van der Waals surface area contributed by atoms with E-state index in [1.165, 1.54) is 0 Å². The van der Waals surface area contributed by atoms with E-state index in [0.717, 1.165) is 16.8 Å². The van der Waals surface area contributed by atoms with E-state index in [-0.39, 0.29) is 5.56 Å². The Balaban J connectivity index is 2.55. The molecule has 0 aliphatic carbocycles. The molecule has 1 N–H and O–H groups in total. The predicted octanol–water partition coefficient (Wildman–Crippen LogP) is 2.91. The molecule has 100 valence electrons. The lowest BCUT2D eigenvalue weighted by molar-refractivity contribution is 0.707. The zero-order chi connectivity index (χ0) is 13.8. The van der Waals surface area contributed by atoms with Gasteiger partial charge < -0.3 is 9.88 Å². The second-order valence-electron chi connectivity index (χ2n) is 4.33. The maximum absolute atomic E-state index is 12.3. The molecule has 1 aromatic heterocycles. The lowest BCUT2D eigenvalue weighted by Gasteiger charge is -2.13. The summed E-state index contributed by atoms with van der Waals surface area (Å²) in [5.74, 6) is 0. The topological polar surface area (TPSA) is 34.0 Å². The summed E-state index contributed by atoms with van der Waals surface area (Å²) >= 11 is 5.89. The van der Waals surface area contributed by atoms with Crippen molar-refractivity contribution in [3.63, 3.8) is 0 Å². The van der Waals surface area contributed by atoms with E-state index in [2.05, 4.69) is 5.32 Å². The number of rotatable bonds is 4. The van der Waals surface area contributed by atoms with Crippen LogP contribution < -0.4 is 10.9 Å². The van der Waals surface area contributed by atoms with Gasteiger partial charge in [-0.25, -0.2) is 0 Å². The molecule has 1 aromatic carbocycles. The number of nitrogens with one attached hydrogen (secondary N) is 1. The molecule has 4 heteroatoms. The fourth-order valence-electron chi connectivity index (χ4n) is 2.14. The Hall–Kier alpha value is -1.58. The van der Waals surface area contributed by atoms with E-state index in [9.17, 15) is 4.79 Å². The van der Waals surface area contributed by atoms with E-state index >= 15 is 0 Å². The maximum Gasteiger partial charge on any atom is 0.255 e. The summed E-state index contributed by atoms with van der Waals surface area (Å²) < 4.78 is 1.79. The van der Waals surface area contributed by atoms with Crippen LogP contribution in [-0.4, -0.2) is 11.6 Å². The highest BCUT2D eigenvalue weighted by Gasteiger charge is 2.08. The Kier molecular flexibility index (Phi) is 4.40. The van der Waals surface area contributed by atoms with Crippen LogP contribution in [0.5, 0.6) is 0 Å². The zero-order valence-electron chi connectivity index (χ0n) is 11.1. The van der Waals surface area contributed by atoms with Crippen LogP contribution in [0.1, 0.15) is 12.5 Å². The highest BCUT2D eigenvalue weighted by atomic mass is 35.5. The van der Waals surface area contributed by atoms with Gasteiger partial charge in [-0.2, -0.15) is 0 Å². The number of hydrogen-bond donors (Lipinski definition) is 1. The maximum atomic E-state index is 12.3. The lowest BCUT2D eigenvalue weighted by atomic mass is 10.1. The minimum absolute atomic E-state index is 0.0595. The number of pyridine rings is 1. The molecule has 19 heavy (non-hydrogen) atoms. The third-order valence-electron chi connectivity index (χ3n) is 3.08. The molecule has 1 heterocycles. The standard InChI is InChI=1S/C15H17ClN2O/c1-3-18-14(11-4-7-13(16)8-5-11)9-6-12(10-17-2)15(18)19/h4-9,17H,3,10H2,1-2H3. The van der Waals surface area contributed by atoms with E-state index in [4.69, 9.17) is 11.6 Å². The molecule has 0 bridgehead atoms. The summed E-state index contributed by atoms with van der Waals surface area (Å²) in [7, 11) is 1.84. The second kappa shape index (κ2) is 6.04. The molecule has 2 aromatic rings. The minimum atomic E-state index is 0.0595. The van der Waals surface area contributed by atoms with Crippen molar-refractivity contribution < 1.29 is 0 Å². The molecular weight excluding hydrogens is 260 g/mol. The van der Waals surface area contributed by atoms with Crippen molar-refractivity contribution in [1.29, 1.82) is 0 Å². The molecule has 2 rings (SSSR count). The summed E-state index contributed by atoms with van der Waals surface area (Å²) in [6, 6.07) is 11.4. The molecule has 0 saturated heterocycles. The quantitative estimate of drug-likeness (QED) is 0.932. The third kappa shape index (κ3) is 2.88. The number of halogens is 1. The van der Waals surface area contributed by atoms with Crippen LogP contribution in [0.2, 0.25) is 5.02 Å². The van der Waals surface area contributed by atoms with Gasteiger partial charge >= 0.3 is 0 Å². The summed E-state index contributed by atoms with van der Waals surface area (Å²) in [5, 5.41) is 3.71. The number of hydrogen-bond acceptors (Lipinski definition) is 2. The summed E-state index contributed by atoms with van der Waals surface area (Å²) in [6.45, 7) is 3.21. The Morgan fingerprint density at radius 1 is 1.16 bits per heavy atom. The van der Waals surface area contributed by atoms with Gasteiger partial charge in [0.15, 0.2) is 0 Å². The fraction of sp³-hybridized carbons (Fsp3) is 0.267. The van der Waals surface area contributed by atoms with Crippen LogP contribution in [0.15, 0.2) is 41.2 Å². The highest BCUT2D eigenvalue weighted by molar-refractivity contribution is 6.30. The predicted molar refractivity (Wildman–Crippen MR) is 79.6 cm³/mol. The molecule has 0 atom stereocenters. The van der Waals surface area contributed by atoms with Crippen molar-refractivity contribution in [2.75, 3.05) is 7.05 Å². The van der Waals surface area contributed by atoms with E-state index in [1.54, 1.807) is 4.57 Å². The van der Waals surface area contributed by atoms with Crippen molar-refractivity contribution in [3.8, 4) is 11.3 Å². The van der Waals surface area contributed by atoms with E-state index in [1.807, 2.05) is 50.4 Å². The van der Waals surface area contributed by atoms with Crippen LogP contribution in [0, 0.1) is 0 Å². The fourth-order valence-corrected chi connectivity index (χ4v) is 2.26. The molecule has 0 fully saturated rings. The van der Waals surface area contributed by atoms with Gasteiger partial charge in [0.25, 0.3) is 5.56 Å². The largest absolute Gasteiger partial charge is 0.315 e. The molecule has 3 nitrogen and oxygen atoms in total. The van der Waals surface area contributed by atoms with Gasteiger partial charge in [0.05, 0.1) is 5.69 Å². The van der Waals surface area contributed by atoms with Gasteiger partial charge in [-0.15, -0.1) is 0 Å². The smallest absolute Gasteiger partial charge is 0.255 e.